The Morgan fingerprint density at radius 1 is 1.00 bits per heavy atom. The number of hydrogen-bond donors (Lipinski definition) is 0. The van der Waals surface area contributed by atoms with Crippen LogP contribution in [0.2, 0.25) is 0 Å². The van der Waals surface area contributed by atoms with Crippen molar-refractivity contribution in [3.63, 3.8) is 0 Å². The van der Waals surface area contributed by atoms with Gasteiger partial charge in [0.05, 0.1) is 0 Å². The van der Waals surface area contributed by atoms with E-state index in [-0.39, 0.29) is 12.8 Å². The number of ether oxygens (including phenoxy) is 2. The van der Waals surface area contributed by atoms with Crippen LogP contribution >= 0.6 is 0 Å². The lowest BCUT2D eigenvalue weighted by Gasteiger charge is -2.42. The Hall–Kier alpha value is -1.48. The van der Waals surface area contributed by atoms with Crippen LogP contribution < -0.4 is 0 Å². The summed E-state index contributed by atoms with van der Waals surface area (Å²) in [5.74, 6) is -5.16. The second kappa shape index (κ2) is 7.04. The van der Waals surface area contributed by atoms with E-state index >= 15 is 0 Å². The molecule has 10 heteroatoms. The van der Waals surface area contributed by atoms with Crippen LogP contribution in [0.5, 0.6) is 0 Å². The van der Waals surface area contributed by atoms with Gasteiger partial charge in [0, 0.05) is 5.92 Å². The van der Waals surface area contributed by atoms with Crippen molar-refractivity contribution in [2.75, 3.05) is 0 Å². The van der Waals surface area contributed by atoms with Gasteiger partial charge in [0.2, 0.25) is 0 Å². The summed E-state index contributed by atoms with van der Waals surface area (Å²) in [6.07, 6.45) is -12.5. The summed E-state index contributed by atoms with van der Waals surface area (Å²) in [4.78, 5) is 24.9. The van der Waals surface area contributed by atoms with Crippen molar-refractivity contribution in [2.24, 2.45) is 22.7 Å². The van der Waals surface area contributed by atoms with E-state index in [0.29, 0.717) is 6.92 Å². The lowest BCUT2D eigenvalue weighted by Crippen LogP contribution is -2.55. The molecule has 0 spiro atoms. The number of halogens is 6. The van der Waals surface area contributed by atoms with Crippen molar-refractivity contribution in [1.82, 2.24) is 0 Å². The highest BCUT2D eigenvalue weighted by Gasteiger charge is 2.74. The first-order chi connectivity index (χ1) is 12.9. The van der Waals surface area contributed by atoms with E-state index in [0.717, 1.165) is 6.92 Å². The highest BCUT2D eigenvalue weighted by molar-refractivity contribution is 5.80. The largest absolute Gasteiger partial charge is 0.461 e. The first-order valence-electron chi connectivity index (χ1n) is 9.47. The van der Waals surface area contributed by atoms with Crippen LogP contribution in [-0.4, -0.2) is 36.0 Å². The predicted molar refractivity (Wildman–Crippen MR) is 89.5 cm³/mol. The van der Waals surface area contributed by atoms with Crippen LogP contribution in [-0.2, 0) is 19.1 Å². The van der Waals surface area contributed by atoms with Gasteiger partial charge in [0.15, 0.2) is 10.8 Å². The lowest BCUT2D eigenvalue weighted by molar-refractivity contribution is -0.266. The molecule has 2 aliphatic rings. The van der Waals surface area contributed by atoms with Crippen molar-refractivity contribution >= 4 is 11.9 Å². The molecule has 0 N–H and O–H groups in total. The van der Waals surface area contributed by atoms with Crippen LogP contribution in [0, 0.1) is 22.7 Å². The first kappa shape index (κ1) is 23.8. The molecule has 29 heavy (non-hydrogen) atoms. The smallest absolute Gasteiger partial charge is 0.405 e. The van der Waals surface area contributed by atoms with Gasteiger partial charge in [-0.3, -0.25) is 9.59 Å². The average Bonchev–Trinajstić information content (AvgIpc) is 3.08. The number of hydrogen-bond acceptors (Lipinski definition) is 4. The molecule has 0 amide bonds. The van der Waals surface area contributed by atoms with E-state index in [9.17, 15) is 35.9 Å². The number of carbonyl (C=O) groups excluding carboxylic acids is 2. The third kappa shape index (κ3) is 3.95. The highest BCUT2D eigenvalue weighted by Crippen LogP contribution is 2.64. The van der Waals surface area contributed by atoms with Crippen molar-refractivity contribution in [1.29, 1.82) is 0 Å². The molecular formula is C19H26F6O4. The lowest BCUT2D eigenvalue weighted by atomic mass is 9.70. The Labute approximate surface area is 165 Å². The van der Waals surface area contributed by atoms with Gasteiger partial charge >= 0.3 is 24.3 Å². The van der Waals surface area contributed by atoms with Gasteiger partial charge in [0.1, 0.15) is 11.7 Å². The summed E-state index contributed by atoms with van der Waals surface area (Å²) in [5, 5.41) is 0. The zero-order chi connectivity index (χ0) is 22.6. The molecule has 2 rings (SSSR count). The summed E-state index contributed by atoms with van der Waals surface area (Å²) in [6, 6.07) is 0. The standard InChI is InChI=1S/C19H26F6O4/c1-6-16(5,18(20,21)22)13(26)28-12-8-10-7-11(12)17(9-10,19(23,24)25)14(27)29-15(2,3)4/h10-12H,6-9H2,1-5H3. The normalized spacial score (nSPS) is 32.0. The van der Waals surface area contributed by atoms with Crippen LogP contribution in [0.15, 0.2) is 0 Å². The fourth-order valence-corrected chi connectivity index (χ4v) is 4.30. The molecule has 2 fully saturated rings. The van der Waals surface area contributed by atoms with Crippen molar-refractivity contribution in [2.45, 2.75) is 84.4 Å². The molecule has 2 bridgehead atoms. The fourth-order valence-electron chi connectivity index (χ4n) is 4.30. The number of carbonyl (C=O) groups is 2. The molecule has 168 valence electrons. The number of fused-ring (bicyclic) bond motifs is 2. The number of alkyl halides is 6. The Morgan fingerprint density at radius 2 is 1.55 bits per heavy atom. The third-order valence-corrected chi connectivity index (χ3v) is 6.16. The van der Waals surface area contributed by atoms with E-state index < -0.39 is 71.5 Å². The van der Waals surface area contributed by atoms with Gasteiger partial charge in [-0.2, -0.15) is 26.3 Å². The van der Waals surface area contributed by atoms with Gasteiger partial charge in [-0.05, 0) is 59.3 Å². The van der Waals surface area contributed by atoms with Crippen molar-refractivity contribution in [3.05, 3.63) is 0 Å². The van der Waals surface area contributed by atoms with E-state index in [1.54, 1.807) is 0 Å². The summed E-state index contributed by atoms with van der Waals surface area (Å²) >= 11 is 0. The van der Waals surface area contributed by atoms with Crippen LogP contribution in [0.3, 0.4) is 0 Å². The molecule has 0 aromatic rings. The van der Waals surface area contributed by atoms with Gasteiger partial charge in [-0.15, -0.1) is 0 Å². The summed E-state index contributed by atoms with van der Waals surface area (Å²) in [5.41, 5.74) is -6.91. The Morgan fingerprint density at radius 3 is 1.93 bits per heavy atom. The molecule has 2 saturated carbocycles. The van der Waals surface area contributed by atoms with Crippen LogP contribution in [0.1, 0.15) is 60.3 Å². The fraction of sp³-hybridized carbons (Fsp3) is 0.895. The van der Waals surface area contributed by atoms with Gasteiger partial charge < -0.3 is 9.47 Å². The van der Waals surface area contributed by atoms with Crippen molar-refractivity contribution < 1.29 is 45.4 Å². The molecule has 0 heterocycles. The van der Waals surface area contributed by atoms with Crippen molar-refractivity contribution in [3.8, 4) is 0 Å². The van der Waals surface area contributed by atoms with E-state index in [4.69, 9.17) is 9.47 Å². The minimum atomic E-state index is -4.99. The monoisotopic (exact) mass is 432 g/mol. The quantitative estimate of drug-likeness (QED) is 0.453. The summed E-state index contributed by atoms with van der Waals surface area (Å²) in [6.45, 7) is 6.09. The van der Waals surface area contributed by atoms with Gasteiger partial charge in [-0.25, -0.2) is 0 Å². The topological polar surface area (TPSA) is 52.6 Å². The minimum absolute atomic E-state index is 0.00527. The Balaban J connectivity index is 2.35. The van der Waals surface area contributed by atoms with E-state index in [2.05, 4.69) is 0 Å². The highest BCUT2D eigenvalue weighted by atomic mass is 19.4. The maximum absolute atomic E-state index is 14.1. The minimum Gasteiger partial charge on any atom is -0.461 e. The molecule has 5 atom stereocenters. The first-order valence-corrected chi connectivity index (χ1v) is 9.47. The zero-order valence-corrected chi connectivity index (χ0v) is 17.0. The Kier molecular flexibility index (Phi) is 5.78. The SMILES string of the molecule is CCC(C)(C(=O)OC1CC2CC1C(C(=O)OC(C)(C)C)(C(F)(F)F)C2)C(F)(F)F. The zero-order valence-electron chi connectivity index (χ0n) is 17.0. The maximum atomic E-state index is 14.1. The molecule has 4 nitrogen and oxygen atoms in total. The van der Waals surface area contributed by atoms with Gasteiger partial charge in [-0.1, -0.05) is 6.92 Å². The second-order valence-corrected chi connectivity index (χ2v) is 9.25. The molecule has 0 radical (unpaired) electrons. The van der Waals surface area contributed by atoms with Crippen LogP contribution in [0.25, 0.3) is 0 Å². The molecule has 2 aliphatic carbocycles. The average molecular weight is 432 g/mol. The predicted octanol–water partition coefficient (Wildman–Crippen LogP) is 5.20. The molecule has 5 unspecified atom stereocenters. The molecule has 0 saturated heterocycles. The Bertz CT molecular complexity index is 665. The summed E-state index contributed by atoms with van der Waals surface area (Å²) in [7, 11) is 0. The number of rotatable bonds is 4. The second-order valence-electron chi connectivity index (χ2n) is 9.25. The summed E-state index contributed by atoms with van der Waals surface area (Å²) < 4.78 is 92.2. The maximum Gasteiger partial charge on any atom is 0.405 e. The number of esters is 2. The molecular weight excluding hydrogens is 406 g/mol. The molecule has 0 aliphatic heterocycles. The van der Waals surface area contributed by atoms with Crippen LogP contribution in [0.4, 0.5) is 26.3 Å². The molecule has 0 aromatic carbocycles. The van der Waals surface area contributed by atoms with E-state index in [1.165, 1.54) is 20.8 Å². The van der Waals surface area contributed by atoms with E-state index in [1.807, 2.05) is 0 Å². The van der Waals surface area contributed by atoms with Gasteiger partial charge in [0.25, 0.3) is 0 Å². The molecule has 0 aromatic heterocycles. The third-order valence-electron chi connectivity index (χ3n) is 6.16.